The van der Waals surface area contributed by atoms with Crippen molar-refractivity contribution in [3.05, 3.63) is 83.1 Å². The maximum Gasteiger partial charge on any atom is 0.310 e. The number of rotatable bonds is 8. The van der Waals surface area contributed by atoms with E-state index in [0.717, 1.165) is 5.69 Å². The Morgan fingerprint density at radius 2 is 1.83 bits per heavy atom. The molecule has 4 aromatic rings. The van der Waals surface area contributed by atoms with Crippen molar-refractivity contribution in [3.63, 3.8) is 0 Å². The van der Waals surface area contributed by atoms with Gasteiger partial charge in [-0.25, -0.2) is 0 Å². The molecule has 9 heteroatoms. The molecule has 0 spiro atoms. The Bertz CT molecular complexity index is 1100. The molecule has 0 saturated carbocycles. The van der Waals surface area contributed by atoms with Crippen molar-refractivity contribution in [2.45, 2.75) is 5.16 Å². The van der Waals surface area contributed by atoms with Crippen LogP contribution >= 0.6 is 11.8 Å². The minimum Gasteiger partial charge on any atom is -0.486 e. The molecule has 0 N–H and O–H groups in total. The first-order valence-corrected chi connectivity index (χ1v) is 9.76. The van der Waals surface area contributed by atoms with Gasteiger partial charge in [-0.05, 0) is 30.3 Å². The molecule has 2 heterocycles. The average molecular weight is 408 g/mol. The molecule has 0 unspecified atom stereocenters. The fourth-order valence-corrected chi connectivity index (χ4v) is 3.52. The summed E-state index contributed by atoms with van der Waals surface area (Å²) in [6.45, 7) is 0.285. The van der Waals surface area contributed by atoms with Crippen LogP contribution in [0.5, 0.6) is 5.75 Å². The summed E-state index contributed by atoms with van der Waals surface area (Å²) in [6, 6.07) is 19.7. The number of aromatic nitrogens is 3. The lowest BCUT2D eigenvalue weighted by Gasteiger charge is -2.09. The Hall–Kier alpha value is -3.59. The van der Waals surface area contributed by atoms with Crippen molar-refractivity contribution in [2.24, 2.45) is 0 Å². The van der Waals surface area contributed by atoms with E-state index in [2.05, 4.69) is 10.2 Å². The SMILES string of the molecule is O=[N+]([O-])c1ccccc1OCCSc1nnc(-c2ccco2)n1-c1ccccc1. The molecular formula is C20H16N4O4S. The Morgan fingerprint density at radius 3 is 2.59 bits per heavy atom. The number of furan rings is 1. The molecule has 2 aromatic heterocycles. The van der Waals surface area contributed by atoms with E-state index in [4.69, 9.17) is 9.15 Å². The largest absolute Gasteiger partial charge is 0.486 e. The van der Waals surface area contributed by atoms with Gasteiger partial charge in [0.05, 0.1) is 17.8 Å². The van der Waals surface area contributed by atoms with Gasteiger partial charge in [0.1, 0.15) is 0 Å². The summed E-state index contributed by atoms with van der Waals surface area (Å²) >= 11 is 1.45. The van der Waals surface area contributed by atoms with Crippen LogP contribution in [-0.2, 0) is 0 Å². The van der Waals surface area contributed by atoms with Crippen molar-refractivity contribution >= 4 is 17.4 Å². The summed E-state index contributed by atoms with van der Waals surface area (Å²) in [4.78, 5) is 10.6. The van der Waals surface area contributed by atoms with Crippen molar-refractivity contribution in [2.75, 3.05) is 12.4 Å². The van der Waals surface area contributed by atoms with E-state index in [9.17, 15) is 10.1 Å². The van der Waals surface area contributed by atoms with Crippen molar-refractivity contribution in [1.82, 2.24) is 14.8 Å². The number of hydrogen-bond donors (Lipinski definition) is 0. The van der Waals surface area contributed by atoms with E-state index in [-0.39, 0.29) is 18.0 Å². The van der Waals surface area contributed by atoms with Crippen LogP contribution in [0.3, 0.4) is 0 Å². The molecule has 4 rings (SSSR count). The molecule has 0 bridgehead atoms. The summed E-state index contributed by atoms with van der Waals surface area (Å²) in [6.07, 6.45) is 1.59. The molecule has 0 aliphatic carbocycles. The lowest BCUT2D eigenvalue weighted by Crippen LogP contribution is -2.04. The number of nitrogens with zero attached hydrogens (tertiary/aromatic N) is 4. The number of nitro groups is 1. The van der Waals surface area contributed by atoms with E-state index in [1.165, 1.54) is 17.8 Å². The van der Waals surface area contributed by atoms with Crippen LogP contribution in [0.2, 0.25) is 0 Å². The van der Waals surface area contributed by atoms with Crippen LogP contribution in [0.25, 0.3) is 17.3 Å². The Morgan fingerprint density at radius 1 is 1.03 bits per heavy atom. The van der Waals surface area contributed by atoms with Gasteiger partial charge in [0, 0.05) is 17.5 Å². The zero-order valence-electron chi connectivity index (χ0n) is 15.2. The second kappa shape index (κ2) is 8.61. The lowest BCUT2D eigenvalue weighted by atomic mass is 10.3. The molecule has 8 nitrogen and oxygen atoms in total. The van der Waals surface area contributed by atoms with Crippen molar-refractivity contribution < 1.29 is 14.1 Å². The number of thioether (sulfide) groups is 1. The third kappa shape index (κ3) is 4.14. The number of ether oxygens (including phenoxy) is 1. The molecule has 0 amide bonds. The highest BCUT2D eigenvalue weighted by Gasteiger charge is 2.18. The second-order valence-corrected chi connectivity index (χ2v) is 6.94. The van der Waals surface area contributed by atoms with Gasteiger partial charge in [0.2, 0.25) is 5.82 Å². The van der Waals surface area contributed by atoms with Gasteiger partial charge in [0.25, 0.3) is 0 Å². The Labute approximate surface area is 170 Å². The number of benzene rings is 2. The fraction of sp³-hybridized carbons (Fsp3) is 0.100. The predicted molar refractivity (Wildman–Crippen MR) is 108 cm³/mol. The molecule has 0 fully saturated rings. The highest BCUT2D eigenvalue weighted by Crippen LogP contribution is 2.29. The Kier molecular flexibility index (Phi) is 5.57. The topological polar surface area (TPSA) is 96.2 Å². The van der Waals surface area contributed by atoms with Gasteiger partial charge >= 0.3 is 5.69 Å². The van der Waals surface area contributed by atoms with E-state index in [1.54, 1.807) is 30.5 Å². The first kappa shape index (κ1) is 18.8. The normalized spacial score (nSPS) is 10.8. The molecule has 146 valence electrons. The number of nitro benzene ring substituents is 1. The van der Waals surface area contributed by atoms with Gasteiger partial charge < -0.3 is 9.15 Å². The molecule has 0 radical (unpaired) electrons. The number of hydrogen-bond acceptors (Lipinski definition) is 7. The third-order valence-electron chi connectivity index (χ3n) is 4.02. The lowest BCUT2D eigenvalue weighted by molar-refractivity contribution is -0.385. The minimum absolute atomic E-state index is 0.0509. The molecule has 0 atom stereocenters. The molecular weight excluding hydrogens is 392 g/mol. The van der Waals surface area contributed by atoms with Crippen LogP contribution in [0.1, 0.15) is 0 Å². The zero-order valence-corrected chi connectivity index (χ0v) is 16.0. The summed E-state index contributed by atoms with van der Waals surface area (Å²) < 4.78 is 13.0. The smallest absolute Gasteiger partial charge is 0.310 e. The maximum atomic E-state index is 11.1. The highest BCUT2D eigenvalue weighted by molar-refractivity contribution is 7.99. The quantitative estimate of drug-likeness (QED) is 0.182. The summed E-state index contributed by atoms with van der Waals surface area (Å²) in [7, 11) is 0. The molecule has 0 aliphatic heterocycles. The van der Waals surface area contributed by atoms with Crippen LogP contribution in [0.15, 0.2) is 82.6 Å². The fourth-order valence-electron chi connectivity index (χ4n) is 2.75. The summed E-state index contributed by atoms with van der Waals surface area (Å²) in [5, 5.41) is 20.3. The monoisotopic (exact) mass is 408 g/mol. The summed E-state index contributed by atoms with van der Waals surface area (Å²) in [5.41, 5.74) is 0.857. The Balaban J connectivity index is 1.51. The maximum absolute atomic E-state index is 11.1. The summed E-state index contributed by atoms with van der Waals surface area (Å²) in [5.74, 6) is 2.00. The molecule has 0 aliphatic rings. The van der Waals surface area contributed by atoms with Crippen LogP contribution in [0.4, 0.5) is 5.69 Å². The third-order valence-corrected chi connectivity index (χ3v) is 4.92. The van der Waals surface area contributed by atoms with Crippen LogP contribution in [-0.4, -0.2) is 32.0 Å². The van der Waals surface area contributed by atoms with E-state index >= 15 is 0 Å². The van der Waals surface area contributed by atoms with Gasteiger partial charge in [-0.1, -0.05) is 42.1 Å². The van der Waals surface area contributed by atoms with Crippen molar-refractivity contribution in [3.8, 4) is 23.0 Å². The van der Waals surface area contributed by atoms with Gasteiger partial charge in [-0.2, -0.15) is 0 Å². The van der Waals surface area contributed by atoms with Crippen LogP contribution in [0, 0.1) is 10.1 Å². The van der Waals surface area contributed by atoms with Crippen molar-refractivity contribution in [1.29, 1.82) is 0 Å². The van der Waals surface area contributed by atoms with E-state index < -0.39 is 4.92 Å². The molecule has 0 saturated heterocycles. The first-order chi connectivity index (χ1) is 14.2. The molecule has 2 aromatic carbocycles. The predicted octanol–water partition coefficient (Wildman–Crippen LogP) is 4.61. The van der Waals surface area contributed by atoms with Gasteiger partial charge in [-0.15, -0.1) is 10.2 Å². The van der Waals surface area contributed by atoms with Crippen LogP contribution < -0.4 is 4.74 Å². The first-order valence-electron chi connectivity index (χ1n) is 8.78. The van der Waals surface area contributed by atoms with E-state index in [0.29, 0.717) is 22.5 Å². The number of para-hydroxylation sites is 3. The standard InChI is InChI=1S/C20H16N4O4S/c25-24(26)16-9-4-5-10-17(16)28-13-14-29-20-22-21-19(18-11-6-12-27-18)23(20)15-7-2-1-3-8-15/h1-12H,13-14H2. The minimum atomic E-state index is -0.454. The highest BCUT2D eigenvalue weighted by atomic mass is 32.2. The van der Waals surface area contributed by atoms with Gasteiger partial charge in [-0.3, -0.25) is 14.7 Å². The second-order valence-electron chi connectivity index (χ2n) is 5.88. The average Bonchev–Trinajstić information content (AvgIpc) is 3.42. The molecule has 29 heavy (non-hydrogen) atoms. The van der Waals surface area contributed by atoms with E-state index in [1.807, 2.05) is 41.0 Å². The zero-order chi connectivity index (χ0) is 20.1. The van der Waals surface area contributed by atoms with Gasteiger partial charge in [0.15, 0.2) is 16.7 Å².